The summed E-state index contributed by atoms with van der Waals surface area (Å²) in [7, 11) is -2.61. The van der Waals surface area contributed by atoms with Crippen LogP contribution in [0.5, 0.6) is 11.5 Å². The number of anilines is 1. The molecule has 0 fully saturated rings. The summed E-state index contributed by atoms with van der Waals surface area (Å²) in [4.78, 5) is 16.6. The summed E-state index contributed by atoms with van der Waals surface area (Å²) < 4.78 is 50.8. The van der Waals surface area contributed by atoms with E-state index in [0.717, 1.165) is 15.6 Å². The molecular weight excluding hydrogens is 445 g/mol. The molecule has 0 atom stereocenters. The van der Waals surface area contributed by atoms with Gasteiger partial charge in [0.2, 0.25) is 15.9 Å². The van der Waals surface area contributed by atoms with Crippen molar-refractivity contribution in [1.82, 2.24) is 9.29 Å². The van der Waals surface area contributed by atoms with Crippen molar-refractivity contribution < 1.29 is 27.1 Å². The molecule has 8 nitrogen and oxygen atoms in total. The summed E-state index contributed by atoms with van der Waals surface area (Å²) in [6.07, 6.45) is 0. The maximum Gasteiger partial charge on any atom is 0.243 e. The van der Waals surface area contributed by atoms with E-state index in [4.69, 9.17) is 9.47 Å². The summed E-state index contributed by atoms with van der Waals surface area (Å²) >= 11 is 1.16. The predicted molar refractivity (Wildman–Crippen MR) is 113 cm³/mol. The highest BCUT2D eigenvalue weighted by atomic mass is 32.2. The van der Waals surface area contributed by atoms with Crippen molar-refractivity contribution in [3.05, 3.63) is 53.7 Å². The van der Waals surface area contributed by atoms with Gasteiger partial charge in [0, 0.05) is 24.1 Å². The SMILES string of the molecule is CN(CC(=O)Nc1nc(-c2cccc(F)c2)cs1)S(=O)(=O)c1ccc2c(c1)OCCO2. The number of sulfonamides is 1. The van der Waals surface area contributed by atoms with Gasteiger partial charge in [-0.3, -0.25) is 4.79 Å². The highest BCUT2D eigenvalue weighted by Crippen LogP contribution is 2.33. The largest absolute Gasteiger partial charge is 0.486 e. The van der Waals surface area contributed by atoms with Gasteiger partial charge in [0.25, 0.3) is 0 Å². The van der Waals surface area contributed by atoms with E-state index in [1.165, 1.54) is 37.4 Å². The number of amides is 1. The molecule has 0 saturated carbocycles. The molecule has 11 heteroatoms. The fourth-order valence-electron chi connectivity index (χ4n) is 2.92. The Morgan fingerprint density at radius 3 is 2.74 bits per heavy atom. The van der Waals surface area contributed by atoms with E-state index in [0.29, 0.717) is 36.0 Å². The number of likely N-dealkylation sites (N-methyl/N-ethyl adjacent to an activating group) is 1. The number of hydrogen-bond acceptors (Lipinski definition) is 7. The van der Waals surface area contributed by atoms with Crippen molar-refractivity contribution in [2.24, 2.45) is 0 Å². The first-order valence-corrected chi connectivity index (χ1v) is 11.5. The minimum Gasteiger partial charge on any atom is -0.486 e. The number of halogens is 1. The molecule has 2 aromatic carbocycles. The topological polar surface area (TPSA) is 97.8 Å². The van der Waals surface area contributed by atoms with Gasteiger partial charge < -0.3 is 14.8 Å². The van der Waals surface area contributed by atoms with Gasteiger partial charge in [-0.25, -0.2) is 17.8 Å². The number of nitrogens with zero attached hydrogens (tertiary/aromatic N) is 2. The zero-order valence-corrected chi connectivity index (χ0v) is 18.0. The summed E-state index contributed by atoms with van der Waals surface area (Å²) in [5.74, 6) is -0.118. The molecular formula is C20H18FN3O5S2. The van der Waals surface area contributed by atoms with Crippen LogP contribution >= 0.6 is 11.3 Å². The smallest absolute Gasteiger partial charge is 0.243 e. The maximum atomic E-state index is 13.4. The molecule has 1 N–H and O–H groups in total. The molecule has 4 rings (SSSR count). The van der Waals surface area contributed by atoms with Gasteiger partial charge in [0.05, 0.1) is 17.1 Å². The molecule has 0 saturated heterocycles. The molecule has 0 unspecified atom stereocenters. The van der Waals surface area contributed by atoms with Crippen LogP contribution in [0, 0.1) is 5.82 Å². The second-order valence-corrected chi connectivity index (χ2v) is 9.57. The van der Waals surface area contributed by atoms with Crippen molar-refractivity contribution in [2.45, 2.75) is 4.90 Å². The number of carbonyl (C=O) groups excluding carboxylic acids is 1. The number of benzene rings is 2. The first kappa shape index (κ1) is 21.2. The number of ether oxygens (including phenoxy) is 2. The van der Waals surface area contributed by atoms with E-state index in [1.807, 2.05) is 0 Å². The van der Waals surface area contributed by atoms with Crippen molar-refractivity contribution in [1.29, 1.82) is 0 Å². The lowest BCUT2D eigenvalue weighted by Gasteiger charge is -2.21. The Labute approximate surface area is 182 Å². The fraction of sp³-hybridized carbons (Fsp3) is 0.200. The molecule has 0 bridgehead atoms. The third-order valence-corrected chi connectivity index (χ3v) is 7.02. The van der Waals surface area contributed by atoms with Crippen LogP contribution in [0.2, 0.25) is 0 Å². The van der Waals surface area contributed by atoms with E-state index in [-0.39, 0.29) is 15.8 Å². The van der Waals surface area contributed by atoms with Gasteiger partial charge in [-0.05, 0) is 24.3 Å². The van der Waals surface area contributed by atoms with E-state index >= 15 is 0 Å². The quantitative estimate of drug-likeness (QED) is 0.604. The standard InChI is InChI=1S/C20H18FN3O5S2/c1-24(31(26,27)15-5-6-17-18(10-15)29-8-7-28-17)11-19(25)23-20-22-16(12-30-20)13-3-2-4-14(21)9-13/h2-6,9-10,12H,7-8,11H2,1H3,(H,22,23,25). The first-order valence-electron chi connectivity index (χ1n) is 9.20. The zero-order chi connectivity index (χ0) is 22.0. The highest BCUT2D eigenvalue weighted by Gasteiger charge is 2.25. The molecule has 0 spiro atoms. The second-order valence-electron chi connectivity index (χ2n) is 6.66. The fourth-order valence-corrected chi connectivity index (χ4v) is 4.80. The van der Waals surface area contributed by atoms with Crippen molar-refractivity contribution in [3.8, 4) is 22.8 Å². The predicted octanol–water partition coefficient (Wildman–Crippen LogP) is 2.98. The third kappa shape index (κ3) is 4.68. The molecule has 1 amide bonds. The van der Waals surface area contributed by atoms with Crippen molar-refractivity contribution in [2.75, 3.05) is 32.1 Å². The monoisotopic (exact) mass is 463 g/mol. The summed E-state index contributed by atoms with van der Waals surface area (Å²) in [5, 5.41) is 4.54. The molecule has 31 heavy (non-hydrogen) atoms. The molecule has 1 aromatic heterocycles. The highest BCUT2D eigenvalue weighted by molar-refractivity contribution is 7.89. The van der Waals surface area contributed by atoms with Crippen LogP contribution in [0.4, 0.5) is 9.52 Å². The number of rotatable bonds is 6. The van der Waals surface area contributed by atoms with Crippen LogP contribution < -0.4 is 14.8 Å². The van der Waals surface area contributed by atoms with E-state index in [1.54, 1.807) is 17.5 Å². The Bertz CT molecular complexity index is 1230. The Hall–Kier alpha value is -3.02. The van der Waals surface area contributed by atoms with Gasteiger partial charge in [-0.1, -0.05) is 12.1 Å². The summed E-state index contributed by atoms with van der Waals surface area (Å²) in [6.45, 7) is 0.322. The van der Waals surface area contributed by atoms with Crippen LogP contribution in [-0.4, -0.2) is 50.4 Å². The molecule has 1 aliphatic heterocycles. The molecule has 0 aliphatic carbocycles. The third-order valence-electron chi connectivity index (χ3n) is 4.46. The minimum absolute atomic E-state index is 0.00492. The van der Waals surface area contributed by atoms with Crippen molar-refractivity contribution in [3.63, 3.8) is 0 Å². The molecule has 162 valence electrons. The maximum absolute atomic E-state index is 13.4. The molecule has 0 radical (unpaired) electrons. The number of hydrogen-bond donors (Lipinski definition) is 1. The van der Waals surface area contributed by atoms with Gasteiger partial charge >= 0.3 is 0 Å². The average molecular weight is 464 g/mol. The lowest BCUT2D eigenvalue weighted by molar-refractivity contribution is -0.116. The summed E-state index contributed by atoms with van der Waals surface area (Å²) in [5.41, 5.74) is 1.09. The average Bonchev–Trinajstić information content (AvgIpc) is 3.21. The zero-order valence-electron chi connectivity index (χ0n) is 16.4. The second kappa shape index (κ2) is 8.61. The number of thiazole rings is 1. The Balaban J connectivity index is 1.42. The van der Waals surface area contributed by atoms with Gasteiger partial charge in [0.1, 0.15) is 19.0 Å². The molecule has 1 aliphatic rings. The van der Waals surface area contributed by atoms with E-state index < -0.39 is 22.5 Å². The Kier molecular flexibility index (Phi) is 5.90. The number of carbonyl (C=O) groups is 1. The number of nitrogens with one attached hydrogen (secondary N) is 1. The van der Waals surface area contributed by atoms with E-state index in [2.05, 4.69) is 10.3 Å². The Morgan fingerprint density at radius 1 is 1.19 bits per heavy atom. The van der Waals surface area contributed by atoms with Gasteiger partial charge in [-0.15, -0.1) is 11.3 Å². The Morgan fingerprint density at radius 2 is 1.97 bits per heavy atom. The number of aromatic nitrogens is 1. The van der Waals surface area contributed by atoms with Gasteiger partial charge in [0.15, 0.2) is 16.6 Å². The van der Waals surface area contributed by atoms with Crippen LogP contribution in [-0.2, 0) is 14.8 Å². The van der Waals surface area contributed by atoms with Crippen LogP contribution in [0.15, 0.2) is 52.7 Å². The lowest BCUT2D eigenvalue weighted by atomic mass is 10.2. The van der Waals surface area contributed by atoms with Crippen LogP contribution in [0.3, 0.4) is 0 Å². The number of fused-ring (bicyclic) bond motifs is 1. The van der Waals surface area contributed by atoms with Crippen LogP contribution in [0.1, 0.15) is 0 Å². The normalized spacial score (nSPS) is 13.3. The van der Waals surface area contributed by atoms with E-state index in [9.17, 15) is 17.6 Å². The molecule has 2 heterocycles. The molecule has 3 aromatic rings. The van der Waals surface area contributed by atoms with Crippen molar-refractivity contribution >= 4 is 32.4 Å². The minimum atomic E-state index is -3.92. The van der Waals surface area contributed by atoms with Crippen LogP contribution in [0.25, 0.3) is 11.3 Å². The lowest BCUT2D eigenvalue weighted by Crippen LogP contribution is -2.35. The van der Waals surface area contributed by atoms with Gasteiger partial charge in [-0.2, -0.15) is 4.31 Å². The summed E-state index contributed by atoms with van der Waals surface area (Å²) in [6, 6.07) is 10.3. The first-order chi connectivity index (χ1) is 14.8.